The van der Waals surface area contributed by atoms with Crippen molar-refractivity contribution in [3.63, 3.8) is 0 Å². The van der Waals surface area contributed by atoms with Gasteiger partial charge in [0.2, 0.25) is 0 Å². The van der Waals surface area contributed by atoms with Crippen LogP contribution in [-0.2, 0) is 12.8 Å². The zero-order valence-electron chi connectivity index (χ0n) is 10.7. The molecule has 2 heterocycles. The van der Waals surface area contributed by atoms with Gasteiger partial charge in [-0.15, -0.1) is 11.3 Å². The summed E-state index contributed by atoms with van der Waals surface area (Å²) in [6, 6.07) is 4.64. The molecule has 0 bridgehead atoms. The SMILES string of the molecule is CCNC(CCc1cccnc1)Cc1nccs1. The van der Waals surface area contributed by atoms with Gasteiger partial charge in [0.25, 0.3) is 0 Å². The molecule has 3 nitrogen and oxygen atoms in total. The lowest BCUT2D eigenvalue weighted by molar-refractivity contribution is 0.490. The molecule has 2 rings (SSSR count). The molecule has 0 fully saturated rings. The molecule has 1 unspecified atom stereocenters. The van der Waals surface area contributed by atoms with Crippen LogP contribution in [0.3, 0.4) is 0 Å². The fraction of sp³-hybridized carbons (Fsp3) is 0.429. The first kappa shape index (κ1) is 13.2. The van der Waals surface area contributed by atoms with Crippen LogP contribution in [0, 0.1) is 0 Å². The molecule has 0 aliphatic rings. The standard InChI is InChI=1S/C14H19N3S/c1-2-16-13(10-14-17-8-9-18-14)6-5-12-4-3-7-15-11-12/h3-4,7-9,11,13,16H,2,5-6,10H2,1H3. The van der Waals surface area contributed by atoms with E-state index < -0.39 is 0 Å². The lowest BCUT2D eigenvalue weighted by atomic mass is 10.0. The second kappa shape index (κ2) is 7.24. The van der Waals surface area contributed by atoms with Gasteiger partial charge in [0, 0.05) is 36.4 Å². The maximum Gasteiger partial charge on any atom is 0.0940 e. The molecule has 0 saturated carbocycles. The Balaban J connectivity index is 1.86. The Morgan fingerprint density at radius 1 is 1.39 bits per heavy atom. The van der Waals surface area contributed by atoms with Gasteiger partial charge in [0.15, 0.2) is 0 Å². The number of hydrogen-bond acceptors (Lipinski definition) is 4. The minimum Gasteiger partial charge on any atom is -0.314 e. The van der Waals surface area contributed by atoms with Crippen LogP contribution < -0.4 is 5.32 Å². The predicted molar refractivity (Wildman–Crippen MR) is 75.8 cm³/mol. The van der Waals surface area contributed by atoms with Gasteiger partial charge in [-0.25, -0.2) is 4.98 Å². The number of pyridine rings is 1. The van der Waals surface area contributed by atoms with Crippen LogP contribution in [0.2, 0.25) is 0 Å². The number of thiazole rings is 1. The number of aromatic nitrogens is 2. The highest BCUT2D eigenvalue weighted by Gasteiger charge is 2.10. The molecule has 0 aliphatic heterocycles. The van der Waals surface area contributed by atoms with E-state index in [0.717, 1.165) is 25.8 Å². The molecule has 1 atom stereocenters. The maximum atomic E-state index is 4.36. The van der Waals surface area contributed by atoms with E-state index in [2.05, 4.69) is 28.3 Å². The van der Waals surface area contributed by atoms with Gasteiger partial charge in [0.05, 0.1) is 5.01 Å². The lowest BCUT2D eigenvalue weighted by Crippen LogP contribution is -2.31. The number of aryl methyl sites for hydroxylation is 1. The molecule has 1 N–H and O–H groups in total. The van der Waals surface area contributed by atoms with Crippen molar-refractivity contribution in [3.8, 4) is 0 Å². The molecule has 4 heteroatoms. The Bertz CT molecular complexity index is 428. The average molecular weight is 261 g/mol. The first-order valence-electron chi connectivity index (χ1n) is 6.39. The molecule has 0 aromatic carbocycles. The monoisotopic (exact) mass is 261 g/mol. The summed E-state index contributed by atoms with van der Waals surface area (Å²) in [5.41, 5.74) is 1.31. The first-order chi connectivity index (χ1) is 8.88. The number of hydrogen-bond donors (Lipinski definition) is 1. The van der Waals surface area contributed by atoms with E-state index in [4.69, 9.17) is 0 Å². The Morgan fingerprint density at radius 2 is 2.33 bits per heavy atom. The normalized spacial score (nSPS) is 12.5. The minimum absolute atomic E-state index is 0.501. The summed E-state index contributed by atoms with van der Waals surface area (Å²) in [5.74, 6) is 0. The van der Waals surface area contributed by atoms with E-state index in [1.165, 1.54) is 10.6 Å². The van der Waals surface area contributed by atoms with Gasteiger partial charge in [0.1, 0.15) is 0 Å². The molecule has 2 aromatic rings. The zero-order chi connectivity index (χ0) is 12.6. The van der Waals surface area contributed by atoms with Gasteiger partial charge in [-0.2, -0.15) is 0 Å². The van der Waals surface area contributed by atoms with E-state index in [0.29, 0.717) is 6.04 Å². The minimum atomic E-state index is 0.501. The highest BCUT2D eigenvalue weighted by Crippen LogP contribution is 2.11. The first-order valence-corrected chi connectivity index (χ1v) is 7.27. The molecule has 0 spiro atoms. The summed E-state index contributed by atoms with van der Waals surface area (Å²) >= 11 is 1.74. The third-order valence-electron chi connectivity index (χ3n) is 2.90. The summed E-state index contributed by atoms with van der Waals surface area (Å²) in [4.78, 5) is 8.51. The van der Waals surface area contributed by atoms with E-state index in [1.807, 2.05) is 30.0 Å². The summed E-state index contributed by atoms with van der Waals surface area (Å²) in [7, 11) is 0. The molecule has 0 aliphatic carbocycles. The van der Waals surface area contributed by atoms with Crippen LogP contribution in [0.5, 0.6) is 0 Å². The van der Waals surface area contributed by atoms with Crippen molar-refractivity contribution in [2.45, 2.75) is 32.2 Å². The van der Waals surface area contributed by atoms with Crippen LogP contribution >= 0.6 is 11.3 Å². The fourth-order valence-electron chi connectivity index (χ4n) is 2.02. The summed E-state index contributed by atoms with van der Waals surface area (Å²) < 4.78 is 0. The number of likely N-dealkylation sites (N-methyl/N-ethyl adjacent to an activating group) is 1. The predicted octanol–water partition coefficient (Wildman–Crippen LogP) is 2.69. The topological polar surface area (TPSA) is 37.8 Å². The number of nitrogens with zero attached hydrogens (tertiary/aromatic N) is 2. The third-order valence-corrected chi connectivity index (χ3v) is 3.70. The van der Waals surface area contributed by atoms with Gasteiger partial charge in [-0.05, 0) is 31.0 Å². The average Bonchev–Trinajstić information content (AvgIpc) is 2.90. The van der Waals surface area contributed by atoms with Crippen molar-refractivity contribution in [2.75, 3.05) is 6.54 Å². The van der Waals surface area contributed by atoms with Crippen LogP contribution in [-0.4, -0.2) is 22.6 Å². The zero-order valence-corrected chi connectivity index (χ0v) is 11.5. The van der Waals surface area contributed by atoms with Gasteiger partial charge < -0.3 is 5.32 Å². The van der Waals surface area contributed by atoms with Crippen molar-refractivity contribution < 1.29 is 0 Å². The van der Waals surface area contributed by atoms with Crippen molar-refractivity contribution in [2.24, 2.45) is 0 Å². The van der Waals surface area contributed by atoms with Crippen LogP contribution in [0.25, 0.3) is 0 Å². The third kappa shape index (κ3) is 4.20. The largest absolute Gasteiger partial charge is 0.314 e. The van der Waals surface area contributed by atoms with Gasteiger partial charge in [-0.1, -0.05) is 13.0 Å². The molecule has 0 saturated heterocycles. The Labute approximate surface area is 112 Å². The summed E-state index contributed by atoms with van der Waals surface area (Å²) in [6.07, 6.45) is 8.86. The van der Waals surface area contributed by atoms with Gasteiger partial charge >= 0.3 is 0 Å². The van der Waals surface area contributed by atoms with E-state index in [-0.39, 0.29) is 0 Å². The second-order valence-corrected chi connectivity index (χ2v) is 5.26. The second-order valence-electron chi connectivity index (χ2n) is 4.28. The van der Waals surface area contributed by atoms with Gasteiger partial charge in [-0.3, -0.25) is 4.98 Å². The maximum absolute atomic E-state index is 4.36. The Kier molecular flexibility index (Phi) is 5.30. The Morgan fingerprint density at radius 3 is 3.00 bits per heavy atom. The van der Waals surface area contributed by atoms with Crippen molar-refractivity contribution >= 4 is 11.3 Å². The summed E-state index contributed by atoms with van der Waals surface area (Å²) in [5, 5.41) is 6.79. The van der Waals surface area contributed by atoms with Crippen molar-refractivity contribution in [3.05, 3.63) is 46.7 Å². The lowest BCUT2D eigenvalue weighted by Gasteiger charge is -2.16. The van der Waals surface area contributed by atoms with E-state index >= 15 is 0 Å². The molecule has 18 heavy (non-hydrogen) atoms. The van der Waals surface area contributed by atoms with Crippen LogP contribution in [0.4, 0.5) is 0 Å². The smallest absolute Gasteiger partial charge is 0.0940 e. The van der Waals surface area contributed by atoms with Crippen molar-refractivity contribution in [1.29, 1.82) is 0 Å². The molecule has 0 amide bonds. The molecule has 2 aromatic heterocycles. The quantitative estimate of drug-likeness (QED) is 0.832. The Hall–Kier alpha value is -1.26. The van der Waals surface area contributed by atoms with Crippen LogP contribution in [0.15, 0.2) is 36.1 Å². The van der Waals surface area contributed by atoms with E-state index in [1.54, 1.807) is 11.3 Å². The van der Waals surface area contributed by atoms with E-state index in [9.17, 15) is 0 Å². The number of rotatable bonds is 7. The highest BCUT2D eigenvalue weighted by atomic mass is 32.1. The van der Waals surface area contributed by atoms with Crippen molar-refractivity contribution in [1.82, 2.24) is 15.3 Å². The highest BCUT2D eigenvalue weighted by molar-refractivity contribution is 7.09. The number of nitrogens with one attached hydrogen (secondary N) is 1. The molecule has 96 valence electrons. The summed E-state index contributed by atoms with van der Waals surface area (Å²) in [6.45, 7) is 3.15. The molecular weight excluding hydrogens is 242 g/mol. The van der Waals surface area contributed by atoms with Crippen LogP contribution in [0.1, 0.15) is 23.9 Å². The molecule has 0 radical (unpaired) electrons. The fourth-order valence-corrected chi connectivity index (χ4v) is 2.71. The molecular formula is C14H19N3S.